The average Bonchev–Trinajstić information content (AvgIpc) is 3.39. The topological polar surface area (TPSA) is 115 Å². The quantitative estimate of drug-likeness (QED) is 0.207. The maximum Gasteiger partial charge on any atom is 0.344 e. The summed E-state index contributed by atoms with van der Waals surface area (Å²) in [4.78, 5) is 27.9. The summed E-state index contributed by atoms with van der Waals surface area (Å²) >= 11 is 4.46. The van der Waals surface area contributed by atoms with Crippen LogP contribution in [0.1, 0.15) is 12.7 Å². The van der Waals surface area contributed by atoms with Gasteiger partial charge in [0.25, 0.3) is 5.69 Å². The van der Waals surface area contributed by atoms with E-state index in [4.69, 9.17) is 9.15 Å². The van der Waals surface area contributed by atoms with E-state index in [9.17, 15) is 20.0 Å². The Labute approximate surface area is 206 Å². The van der Waals surface area contributed by atoms with Crippen molar-refractivity contribution < 1.29 is 24.0 Å². The van der Waals surface area contributed by atoms with E-state index in [1.807, 2.05) is 18.2 Å². The molecule has 1 aliphatic rings. The predicted octanol–water partition coefficient (Wildman–Crippen LogP) is 6.81. The van der Waals surface area contributed by atoms with Gasteiger partial charge in [-0.1, -0.05) is 30.0 Å². The van der Waals surface area contributed by atoms with Crippen LogP contribution in [0.15, 0.2) is 90.8 Å². The third-order valence-electron chi connectivity index (χ3n) is 4.69. The first kappa shape index (κ1) is 23.5. The lowest BCUT2D eigenvalue weighted by Crippen LogP contribution is -2.12. The Morgan fingerprint density at radius 2 is 2.00 bits per heavy atom. The lowest BCUT2D eigenvalue weighted by Gasteiger charge is -2.03. The molecule has 172 valence electrons. The molecule has 0 amide bonds. The van der Waals surface area contributed by atoms with E-state index >= 15 is 0 Å². The van der Waals surface area contributed by atoms with Crippen LogP contribution in [0.25, 0.3) is 17.4 Å². The van der Waals surface area contributed by atoms with Gasteiger partial charge in [0.15, 0.2) is 0 Å². The minimum Gasteiger partial charge on any atom is -0.506 e. The number of para-hydroxylation sites is 1. The Balaban J connectivity index is 1.68. The minimum atomic E-state index is -0.666. The highest BCUT2D eigenvalue weighted by atomic mass is 79.9. The molecule has 1 aromatic heterocycles. The van der Waals surface area contributed by atoms with Gasteiger partial charge in [-0.3, -0.25) is 10.1 Å². The van der Waals surface area contributed by atoms with Crippen molar-refractivity contribution in [2.24, 2.45) is 4.99 Å². The number of furan rings is 1. The van der Waals surface area contributed by atoms with Crippen LogP contribution in [0.3, 0.4) is 0 Å². The highest BCUT2D eigenvalue weighted by Crippen LogP contribution is 2.41. The number of nitro groups is 1. The molecule has 0 spiro atoms. The second-order valence-corrected chi connectivity index (χ2v) is 8.82. The Morgan fingerprint density at radius 1 is 1.24 bits per heavy atom. The molecule has 0 saturated heterocycles. The zero-order valence-electron chi connectivity index (χ0n) is 17.7. The van der Waals surface area contributed by atoms with Crippen molar-refractivity contribution in [2.45, 2.75) is 6.92 Å². The molecule has 2 aromatic carbocycles. The van der Waals surface area contributed by atoms with E-state index in [1.54, 1.807) is 43.3 Å². The largest absolute Gasteiger partial charge is 0.506 e. The number of nitrogens with zero attached hydrogens (tertiary/aromatic N) is 2. The van der Waals surface area contributed by atoms with Gasteiger partial charge in [-0.25, -0.2) is 9.79 Å². The summed E-state index contributed by atoms with van der Waals surface area (Å²) in [6.07, 6.45) is 1.59. The molecule has 0 aliphatic carbocycles. The fraction of sp³-hybridized carbons (Fsp3) is 0.0833. The van der Waals surface area contributed by atoms with Crippen molar-refractivity contribution in [3.05, 3.63) is 97.2 Å². The number of aliphatic hydroxyl groups excluding tert-OH is 1. The number of hydrogen-bond donors (Lipinski definition) is 1. The molecule has 0 radical (unpaired) electrons. The number of esters is 1. The number of nitro benzene ring substituents is 1. The molecule has 1 aliphatic heterocycles. The second-order valence-electron chi connectivity index (χ2n) is 6.93. The lowest BCUT2D eigenvalue weighted by atomic mass is 10.1. The number of ether oxygens (including phenoxy) is 1. The van der Waals surface area contributed by atoms with Crippen molar-refractivity contribution >= 4 is 56.2 Å². The van der Waals surface area contributed by atoms with Gasteiger partial charge in [0.05, 0.1) is 22.1 Å². The third-order valence-corrected chi connectivity index (χ3v) is 6.36. The van der Waals surface area contributed by atoms with E-state index in [0.29, 0.717) is 37.2 Å². The number of benzene rings is 2. The summed E-state index contributed by atoms with van der Waals surface area (Å²) in [6, 6.07) is 16.9. The van der Waals surface area contributed by atoms with Crippen molar-refractivity contribution in [3.63, 3.8) is 0 Å². The SMILES string of the molecule is CCOC(=O)C1=C(O)/C(=C/c2ccc(-c3ccc([N+](=O)[O-])cc3Br)o2)SC1=Nc1ccccc1. The van der Waals surface area contributed by atoms with Crippen LogP contribution in [-0.4, -0.2) is 27.6 Å². The van der Waals surface area contributed by atoms with E-state index in [2.05, 4.69) is 20.9 Å². The summed E-state index contributed by atoms with van der Waals surface area (Å²) in [7, 11) is 0. The monoisotopic (exact) mass is 540 g/mol. The van der Waals surface area contributed by atoms with Crippen molar-refractivity contribution in [1.82, 2.24) is 0 Å². The standard InChI is InChI=1S/C24H17BrN2O6S/c1-2-32-24(29)21-22(28)20(34-23(21)26-14-6-4-3-5-7-14)13-16-9-11-19(33-16)17-10-8-15(27(30)31)12-18(17)25/h3-13,28H,2H2,1H3/b20-13-,26-23?. The highest BCUT2D eigenvalue weighted by molar-refractivity contribution is 9.10. The molecular weight excluding hydrogens is 524 g/mol. The molecular formula is C24H17BrN2O6S. The van der Waals surface area contributed by atoms with Gasteiger partial charge in [-0.05, 0) is 59.3 Å². The molecule has 0 atom stereocenters. The summed E-state index contributed by atoms with van der Waals surface area (Å²) in [6.45, 7) is 1.84. The second kappa shape index (κ2) is 10.1. The van der Waals surface area contributed by atoms with Crippen LogP contribution in [0.2, 0.25) is 0 Å². The molecule has 0 unspecified atom stereocenters. The maximum absolute atomic E-state index is 12.5. The summed E-state index contributed by atoms with van der Waals surface area (Å²) in [5.74, 6) is -0.0181. The van der Waals surface area contributed by atoms with Crippen LogP contribution in [0, 0.1) is 10.1 Å². The van der Waals surface area contributed by atoms with Crippen molar-refractivity contribution in [1.29, 1.82) is 0 Å². The third kappa shape index (κ3) is 4.97. The molecule has 4 rings (SSSR count). The van der Waals surface area contributed by atoms with E-state index < -0.39 is 10.9 Å². The fourth-order valence-corrected chi connectivity index (χ4v) is 4.71. The van der Waals surface area contributed by atoms with Gasteiger partial charge in [0, 0.05) is 22.2 Å². The molecule has 34 heavy (non-hydrogen) atoms. The van der Waals surface area contributed by atoms with Gasteiger partial charge < -0.3 is 14.3 Å². The van der Waals surface area contributed by atoms with E-state index in [1.165, 1.54) is 12.1 Å². The molecule has 2 heterocycles. The van der Waals surface area contributed by atoms with Gasteiger partial charge in [0.2, 0.25) is 0 Å². The van der Waals surface area contributed by atoms with Crippen LogP contribution in [0.4, 0.5) is 11.4 Å². The number of aliphatic imine (C=N–C) groups is 1. The molecule has 10 heteroatoms. The molecule has 0 bridgehead atoms. The molecule has 0 saturated carbocycles. The maximum atomic E-state index is 12.5. The van der Waals surface area contributed by atoms with Crippen LogP contribution >= 0.6 is 27.7 Å². The number of non-ortho nitro benzene ring substituents is 1. The summed E-state index contributed by atoms with van der Waals surface area (Å²) < 4.78 is 11.5. The van der Waals surface area contributed by atoms with Gasteiger partial charge in [-0.2, -0.15) is 0 Å². The first-order valence-corrected chi connectivity index (χ1v) is 11.7. The first-order valence-electron chi connectivity index (χ1n) is 10.1. The van der Waals surface area contributed by atoms with Crippen molar-refractivity contribution in [2.75, 3.05) is 6.61 Å². The number of halogens is 1. The van der Waals surface area contributed by atoms with Crippen LogP contribution < -0.4 is 0 Å². The Hall–Kier alpha value is -3.63. The van der Waals surface area contributed by atoms with Gasteiger partial charge in [0.1, 0.15) is 27.9 Å². The minimum absolute atomic E-state index is 0.00755. The Morgan fingerprint density at radius 3 is 2.68 bits per heavy atom. The average molecular weight is 541 g/mol. The normalized spacial score (nSPS) is 15.8. The van der Waals surface area contributed by atoms with Crippen LogP contribution in [-0.2, 0) is 9.53 Å². The molecule has 3 aromatic rings. The number of thioether (sulfide) groups is 1. The zero-order valence-corrected chi connectivity index (χ0v) is 20.1. The fourth-order valence-electron chi connectivity index (χ4n) is 3.13. The van der Waals surface area contributed by atoms with Gasteiger partial charge >= 0.3 is 5.97 Å². The van der Waals surface area contributed by atoms with E-state index in [0.717, 1.165) is 11.8 Å². The Kier molecular flexibility index (Phi) is 6.99. The first-order chi connectivity index (χ1) is 16.4. The van der Waals surface area contributed by atoms with Gasteiger partial charge in [-0.15, -0.1) is 0 Å². The number of hydrogen-bond acceptors (Lipinski definition) is 8. The van der Waals surface area contributed by atoms with Crippen molar-refractivity contribution in [3.8, 4) is 11.3 Å². The number of rotatable bonds is 6. The number of aliphatic hydroxyl groups is 1. The molecule has 8 nitrogen and oxygen atoms in total. The molecule has 1 N–H and O–H groups in total. The number of carbonyl (C=O) groups excluding carboxylic acids is 1. The number of carbonyl (C=O) groups is 1. The summed E-state index contributed by atoms with van der Waals surface area (Å²) in [5, 5.41) is 22.1. The predicted molar refractivity (Wildman–Crippen MR) is 134 cm³/mol. The molecule has 0 fully saturated rings. The zero-order chi connectivity index (χ0) is 24.2. The summed E-state index contributed by atoms with van der Waals surface area (Å²) in [5.41, 5.74) is 1.21. The lowest BCUT2D eigenvalue weighted by molar-refractivity contribution is -0.384. The van der Waals surface area contributed by atoms with E-state index in [-0.39, 0.29) is 23.6 Å². The smallest absolute Gasteiger partial charge is 0.344 e. The highest BCUT2D eigenvalue weighted by Gasteiger charge is 2.33. The van der Waals surface area contributed by atoms with Crippen LogP contribution in [0.5, 0.6) is 0 Å². The Bertz CT molecular complexity index is 1360.